The summed E-state index contributed by atoms with van der Waals surface area (Å²) in [5, 5.41) is 4.83. The number of hydrogen-bond donors (Lipinski definition) is 2. The molecule has 0 saturated heterocycles. The molecule has 1 unspecified atom stereocenters. The highest BCUT2D eigenvalue weighted by Gasteiger charge is 2.17. The molecule has 0 radical (unpaired) electrons. The van der Waals surface area contributed by atoms with E-state index < -0.39 is 5.91 Å². The fourth-order valence-electron chi connectivity index (χ4n) is 1.87. The Labute approximate surface area is 132 Å². The van der Waals surface area contributed by atoms with Gasteiger partial charge >= 0.3 is 0 Å². The highest BCUT2D eigenvalue weighted by molar-refractivity contribution is 7.10. The minimum absolute atomic E-state index is 0.0290. The van der Waals surface area contributed by atoms with Gasteiger partial charge in [0.1, 0.15) is 11.4 Å². The number of aromatic nitrogens is 2. The zero-order chi connectivity index (χ0) is 16.1. The van der Waals surface area contributed by atoms with Crippen molar-refractivity contribution < 1.29 is 9.59 Å². The first-order valence-corrected chi connectivity index (χ1v) is 7.47. The number of nitrogens with zero attached hydrogens (tertiary/aromatic N) is 3. The lowest BCUT2D eigenvalue weighted by molar-refractivity contribution is 0.0933. The van der Waals surface area contributed by atoms with Crippen LogP contribution in [-0.4, -0.2) is 47.3 Å². The number of nitrogens with one attached hydrogen (secondary N) is 1. The van der Waals surface area contributed by atoms with Crippen LogP contribution in [0.5, 0.6) is 0 Å². The summed E-state index contributed by atoms with van der Waals surface area (Å²) in [5.41, 5.74) is 5.26. The first kappa shape index (κ1) is 16.1. The molecule has 22 heavy (non-hydrogen) atoms. The van der Waals surface area contributed by atoms with E-state index in [0.717, 1.165) is 0 Å². The lowest BCUT2D eigenvalue weighted by atomic mass is 10.2. The van der Waals surface area contributed by atoms with Crippen LogP contribution in [0.25, 0.3) is 0 Å². The number of nitrogens with two attached hydrogens (primary N) is 1. The van der Waals surface area contributed by atoms with Crippen molar-refractivity contribution in [3.8, 4) is 0 Å². The fourth-order valence-corrected chi connectivity index (χ4v) is 2.79. The summed E-state index contributed by atoms with van der Waals surface area (Å²) >= 11 is 1.64. The molecule has 0 aliphatic rings. The molecular weight excluding hydrogens is 302 g/mol. The van der Waals surface area contributed by atoms with Crippen LogP contribution in [0, 0.1) is 0 Å². The van der Waals surface area contributed by atoms with Gasteiger partial charge in [-0.3, -0.25) is 9.59 Å². The van der Waals surface area contributed by atoms with E-state index in [2.05, 4.69) is 15.3 Å². The third kappa shape index (κ3) is 3.86. The van der Waals surface area contributed by atoms with Gasteiger partial charge in [-0.1, -0.05) is 6.07 Å². The highest BCUT2D eigenvalue weighted by atomic mass is 32.1. The maximum Gasteiger partial charge on any atom is 0.271 e. The number of primary amides is 1. The Bertz CT molecular complexity index is 640. The van der Waals surface area contributed by atoms with Gasteiger partial charge in [0.2, 0.25) is 0 Å². The molecule has 2 aromatic rings. The number of rotatable bonds is 6. The molecule has 0 aromatic carbocycles. The Hall–Kier alpha value is -2.32. The minimum atomic E-state index is -0.676. The molecule has 3 N–H and O–H groups in total. The van der Waals surface area contributed by atoms with Gasteiger partial charge in [-0.15, -0.1) is 11.3 Å². The van der Waals surface area contributed by atoms with Gasteiger partial charge in [-0.2, -0.15) is 0 Å². The van der Waals surface area contributed by atoms with Crippen molar-refractivity contribution in [3.05, 3.63) is 46.2 Å². The summed E-state index contributed by atoms with van der Waals surface area (Å²) in [6.07, 6.45) is 2.44. The number of carbonyl (C=O) groups excluding carboxylic acids is 2. The molecule has 7 nitrogen and oxygen atoms in total. The lowest BCUT2D eigenvalue weighted by Crippen LogP contribution is -2.34. The van der Waals surface area contributed by atoms with Crippen LogP contribution in [0.1, 0.15) is 31.9 Å². The van der Waals surface area contributed by atoms with Gasteiger partial charge in [0, 0.05) is 11.4 Å². The zero-order valence-electron chi connectivity index (χ0n) is 12.3. The molecule has 2 heterocycles. The highest BCUT2D eigenvalue weighted by Crippen LogP contribution is 2.22. The summed E-state index contributed by atoms with van der Waals surface area (Å²) < 4.78 is 0. The molecule has 0 aliphatic carbocycles. The van der Waals surface area contributed by atoms with Crippen LogP contribution in [0.4, 0.5) is 0 Å². The Balaban J connectivity index is 2.00. The smallest absolute Gasteiger partial charge is 0.271 e. The number of likely N-dealkylation sites (N-methyl/N-ethyl adjacent to an activating group) is 1. The first-order chi connectivity index (χ1) is 10.5. The number of hydrogen-bond acceptors (Lipinski definition) is 6. The van der Waals surface area contributed by atoms with Gasteiger partial charge in [-0.25, -0.2) is 9.97 Å². The summed E-state index contributed by atoms with van der Waals surface area (Å²) in [6, 6.07) is 4.09. The largest absolute Gasteiger partial charge is 0.364 e. The third-order valence-corrected chi connectivity index (χ3v) is 4.06. The van der Waals surface area contributed by atoms with Gasteiger partial charge < -0.3 is 16.0 Å². The summed E-state index contributed by atoms with van der Waals surface area (Å²) in [7, 11) is 3.91. The van der Waals surface area contributed by atoms with Crippen molar-refractivity contribution in [3.63, 3.8) is 0 Å². The summed E-state index contributed by atoms with van der Waals surface area (Å²) in [5.74, 6) is -1.02. The van der Waals surface area contributed by atoms with Crippen LogP contribution in [-0.2, 0) is 0 Å². The Morgan fingerprint density at radius 1 is 1.32 bits per heavy atom. The van der Waals surface area contributed by atoms with E-state index >= 15 is 0 Å². The average Bonchev–Trinajstić information content (AvgIpc) is 3.01. The topological polar surface area (TPSA) is 101 Å². The van der Waals surface area contributed by atoms with Crippen molar-refractivity contribution in [2.24, 2.45) is 5.73 Å². The van der Waals surface area contributed by atoms with Crippen molar-refractivity contribution in [2.45, 2.75) is 6.04 Å². The number of thiophene rings is 1. The van der Waals surface area contributed by atoms with E-state index in [1.54, 1.807) is 11.3 Å². The van der Waals surface area contributed by atoms with E-state index in [9.17, 15) is 9.59 Å². The predicted molar refractivity (Wildman–Crippen MR) is 83.6 cm³/mol. The van der Waals surface area contributed by atoms with E-state index in [1.165, 1.54) is 17.3 Å². The molecule has 2 amide bonds. The van der Waals surface area contributed by atoms with E-state index in [-0.39, 0.29) is 23.3 Å². The molecule has 2 aromatic heterocycles. The van der Waals surface area contributed by atoms with Crippen molar-refractivity contribution in [1.82, 2.24) is 20.2 Å². The van der Waals surface area contributed by atoms with Gasteiger partial charge in [-0.05, 0) is 25.5 Å². The monoisotopic (exact) mass is 319 g/mol. The molecule has 2 rings (SSSR count). The maximum absolute atomic E-state index is 12.1. The van der Waals surface area contributed by atoms with Gasteiger partial charge in [0.05, 0.1) is 18.4 Å². The van der Waals surface area contributed by atoms with Crippen LogP contribution in [0.15, 0.2) is 29.9 Å². The molecule has 8 heteroatoms. The van der Waals surface area contributed by atoms with Crippen molar-refractivity contribution in [1.29, 1.82) is 0 Å². The standard InChI is InChI=1S/C14H17N5O2S/c1-19(2)11(12-4-3-5-22-12)8-18-14(21)10-7-16-9(6-17-10)13(15)20/h3-7,11H,8H2,1-2H3,(H2,15,20)(H,18,21). The van der Waals surface area contributed by atoms with Crippen LogP contribution >= 0.6 is 11.3 Å². The SMILES string of the molecule is CN(C)C(CNC(=O)c1cnc(C(N)=O)cn1)c1cccs1. The Morgan fingerprint density at radius 2 is 2.00 bits per heavy atom. The summed E-state index contributed by atoms with van der Waals surface area (Å²) in [4.78, 5) is 33.9. The molecule has 0 aliphatic heterocycles. The molecule has 0 saturated carbocycles. The van der Waals surface area contributed by atoms with E-state index in [1.807, 2.05) is 36.5 Å². The lowest BCUT2D eigenvalue weighted by Gasteiger charge is -2.23. The average molecular weight is 319 g/mol. The predicted octanol–water partition coefficient (Wildman–Crippen LogP) is 0.670. The van der Waals surface area contributed by atoms with Crippen LogP contribution in [0.3, 0.4) is 0 Å². The molecule has 116 valence electrons. The number of amides is 2. The Kier molecular flexibility index (Phi) is 5.18. The molecule has 0 fully saturated rings. The van der Waals surface area contributed by atoms with Gasteiger partial charge in [0.15, 0.2) is 0 Å². The van der Waals surface area contributed by atoms with Crippen molar-refractivity contribution >= 4 is 23.2 Å². The summed E-state index contributed by atoms with van der Waals surface area (Å²) in [6.45, 7) is 0.450. The zero-order valence-corrected chi connectivity index (χ0v) is 13.1. The fraction of sp³-hybridized carbons (Fsp3) is 0.286. The normalized spacial score (nSPS) is 12.1. The second-order valence-corrected chi connectivity index (χ2v) is 5.84. The van der Waals surface area contributed by atoms with E-state index in [0.29, 0.717) is 6.54 Å². The third-order valence-electron chi connectivity index (χ3n) is 3.09. The minimum Gasteiger partial charge on any atom is -0.364 e. The second-order valence-electron chi connectivity index (χ2n) is 4.86. The van der Waals surface area contributed by atoms with Crippen LogP contribution < -0.4 is 11.1 Å². The Morgan fingerprint density at radius 3 is 2.50 bits per heavy atom. The quantitative estimate of drug-likeness (QED) is 0.815. The molecular formula is C14H17N5O2S. The maximum atomic E-state index is 12.1. The molecule has 1 atom stereocenters. The second kappa shape index (κ2) is 7.10. The molecule has 0 bridgehead atoms. The van der Waals surface area contributed by atoms with Gasteiger partial charge in [0.25, 0.3) is 11.8 Å². The van der Waals surface area contributed by atoms with Crippen molar-refractivity contribution in [2.75, 3.05) is 20.6 Å². The number of carbonyl (C=O) groups is 2. The molecule has 0 spiro atoms. The van der Waals surface area contributed by atoms with E-state index in [4.69, 9.17) is 5.73 Å². The van der Waals surface area contributed by atoms with Crippen LogP contribution in [0.2, 0.25) is 0 Å². The first-order valence-electron chi connectivity index (χ1n) is 6.59.